The maximum absolute atomic E-state index is 13.2. The van der Waals surface area contributed by atoms with Gasteiger partial charge in [-0.25, -0.2) is 0 Å². The van der Waals surface area contributed by atoms with Crippen LogP contribution in [0.3, 0.4) is 0 Å². The van der Waals surface area contributed by atoms with Crippen molar-refractivity contribution in [2.75, 3.05) is 0 Å². The van der Waals surface area contributed by atoms with Gasteiger partial charge in [0.1, 0.15) is 0 Å². The molecule has 7 aliphatic rings. The molecule has 0 aromatic heterocycles. The monoisotopic (exact) mass is 1100 g/mol. The van der Waals surface area contributed by atoms with Crippen LogP contribution in [0.4, 0.5) is 0 Å². The average molecular weight is 1100 g/mol. The summed E-state index contributed by atoms with van der Waals surface area (Å²) in [6.07, 6.45) is 7.81. The second-order valence-corrected chi connectivity index (χ2v) is 19.9. The Morgan fingerprint density at radius 3 is 0.671 bits per heavy atom. The van der Waals surface area contributed by atoms with Crippen LogP contribution in [0.25, 0.3) is 0 Å². The van der Waals surface area contributed by atoms with Crippen LogP contribution in [0, 0.1) is 0 Å². The van der Waals surface area contributed by atoms with Gasteiger partial charge in [-0.2, -0.15) is 0 Å². The number of hydrogen-bond donors (Lipinski definition) is 8. The Bertz CT molecular complexity index is 3160. The summed E-state index contributed by atoms with van der Waals surface area (Å²) < 4.78 is 0. The fraction of sp³-hybridized carbons (Fsp3) is 0.212. The van der Waals surface area contributed by atoms with Crippen molar-refractivity contribution in [2.24, 2.45) is 0 Å². The molecule has 0 spiro atoms. The van der Waals surface area contributed by atoms with E-state index in [4.69, 9.17) is 0 Å². The summed E-state index contributed by atoms with van der Waals surface area (Å²) in [5.41, 5.74) is 9.31. The molecule has 14 rings (SSSR count). The number of nitrogens with one attached hydrogen (secondary N) is 8. The first-order valence-electron chi connectivity index (χ1n) is 27.4. The van der Waals surface area contributed by atoms with E-state index in [1.54, 1.807) is 66.7 Å². The minimum atomic E-state index is -0.346. The van der Waals surface area contributed by atoms with Crippen LogP contribution in [-0.2, 0) is 61.9 Å². The number of hydrogen-bond acceptors (Lipinski definition) is 8. The highest BCUT2D eigenvalue weighted by atomic mass is 16.2. The van der Waals surface area contributed by atoms with Gasteiger partial charge in [-0.3, -0.25) is 38.4 Å². The predicted molar refractivity (Wildman–Crippen MR) is 313 cm³/mol. The van der Waals surface area contributed by atoms with E-state index in [0.717, 1.165) is 57.3 Å². The quantitative estimate of drug-likeness (QED) is 0.0686. The van der Waals surface area contributed by atoms with Gasteiger partial charge < -0.3 is 42.5 Å². The van der Waals surface area contributed by atoms with Crippen LogP contribution in [-0.4, -0.2) is 47.3 Å². The molecule has 8 amide bonds. The lowest BCUT2D eigenvalue weighted by Gasteiger charge is -2.10. The molecule has 0 atom stereocenters. The number of amides is 8. The highest BCUT2D eigenvalue weighted by Gasteiger charge is 2.15. The maximum Gasteiger partial charge on any atom is 0.251 e. The first-order chi connectivity index (χ1) is 39.9. The Balaban J connectivity index is 0.827. The fourth-order valence-electron chi connectivity index (χ4n) is 8.73. The number of carbonyl (C=O) groups excluding carboxylic acids is 8. The molecule has 0 fully saturated rings. The van der Waals surface area contributed by atoms with Gasteiger partial charge in [0.05, 0.1) is 0 Å². The van der Waals surface area contributed by atoms with Crippen LogP contribution in [0.1, 0.15) is 145 Å². The molecule has 0 radical (unpaired) electrons. The summed E-state index contributed by atoms with van der Waals surface area (Å²) in [4.78, 5) is 103. The maximum atomic E-state index is 13.2. The van der Waals surface area contributed by atoms with E-state index < -0.39 is 0 Å². The molecule has 0 aliphatic carbocycles. The van der Waals surface area contributed by atoms with E-state index in [9.17, 15) is 38.4 Å². The molecule has 7 aliphatic heterocycles. The zero-order chi connectivity index (χ0) is 57.5. The summed E-state index contributed by atoms with van der Waals surface area (Å²) in [6.45, 7) is 2.38. The molecule has 16 heteroatoms. The van der Waals surface area contributed by atoms with Crippen LogP contribution >= 0.6 is 0 Å². The highest BCUT2D eigenvalue weighted by molar-refractivity contribution is 6.00. The Morgan fingerprint density at radius 1 is 0.232 bits per heavy atom. The summed E-state index contributed by atoms with van der Waals surface area (Å²) in [5, 5.41) is 23.4. The van der Waals surface area contributed by atoms with Crippen LogP contribution in [0.5, 0.6) is 0 Å². The fourth-order valence-corrected chi connectivity index (χ4v) is 8.73. The van der Waals surface area contributed by atoms with Crippen molar-refractivity contribution in [3.05, 3.63) is 260 Å². The molecule has 8 N–H and O–H groups in total. The molecule has 418 valence electrons. The van der Waals surface area contributed by atoms with Crippen LogP contribution < -0.4 is 42.5 Å². The van der Waals surface area contributed by atoms with Gasteiger partial charge in [0, 0.05) is 98.6 Å². The number of carbonyl (C=O) groups is 8. The topological polar surface area (TPSA) is 233 Å². The molecular weight excluding hydrogens is 1030 g/mol. The normalized spacial score (nSPS) is 15.6. The molecule has 7 heterocycles. The summed E-state index contributed by atoms with van der Waals surface area (Å²) in [7, 11) is 0. The molecule has 7 aromatic rings. The molecule has 82 heavy (non-hydrogen) atoms. The Hall–Kier alpha value is -9.96. The molecule has 0 saturated heterocycles. The van der Waals surface area contributed by atoms with Gasteiger partial charge in [0.15, 0.2) is 0 Å². The number of rotatable bonds is 0. The van der Waals surface area contributed by atoms with Gasteiger partial charge in [0.25, 0.3) is 35.4 Å². The van der Waals surface area contributed by atoms with E-state index in [1.165, 1.54) is 6.07 Å². The van der Waals surface area contributed by atoms with E-state index in [1.807, 2.05) is 109 Å². The Morgan fingerprint density at radius 2 is 0.439 bits per heavy atom. The molecule has 7 aromatic carbocycles. The van der Waals surface area contributed by atoms with E-state index in [-0.39, 0.29) is 73.4 Å². The number of benzene rings is 7. The SMILES string of the molecule is O=C1CCCC=CCCCC(=O)NCc2ccc(cc2)CNC(=O)c2ccc(cc2)C(=O)NCc2ccc(cc2)CNC(=O)c2cccc(c2)C(=O)NCc2ccc(cc2)CNC(=O)c2ccc(cc2)C(=O)NCc2ccc(cc2)CN1. The largest absolute Gasteiger partial charge is 0.352 e. The number of allylic oxidation sites excluding steroid dienone is 2. The average Bonchev–Trinajstić information content (AvgIpc) is 3.52. The van der Waals surface area contributed by atoms with Crippen molar-refractivity contribution in [3.8, 4) is 0 Å². The smallest absolute Gasteiger partial charge is 0.251 e. The standard InChI is InChI=1S/C66H66N8O8/c75-59-10-5-3-1-2-4-6-11-60(76)68-38-46-14-18-48(19-15-46)40-70-62(78)54-30-34-56(35-31-54)64(80)72-42-50-22-26-52(27-23-50)44-74-66(82)58-9-7-8-57(36-58)65(81)73-43-51-24-20-49(21-25-51)41-71-63(79)55-32-28-53(29-33-55)61(77)69-39-47-16-12-45(13-17-47)37-67-59/h1-2,7-9,12-36H,3-6,10-11,37-44H2,(H,67,75)(H,68,76)(H,69,77)(H,70,78)(H,71,79)(H,72,80)(H,73,81)(H,74,82). The summed E-state index contributed by atoms with van der Waals surface area (Å²) in [6, 6.07) is 49.5. The van der Waals surface area contributed by atoms with Crippen LogP contribution in [0.15, 0.2) is 182 Å². The third kappa shape index (κ3) is 18.3. The van der Waals surface area contributed by atoms with E-state index in [0.29, 0.717) is 85.2 Å². The van der Waals surface area contributed by atoms with E-state index in [2.05, 4.69) is 42.5 Å². The second kappa shape index (κ2) is 29.9. The zero-order valence-corrected chi connectivity index (χ0v) is 45.5. The Labute approximate surface area is 477 Å². The van der Waals surface area contributed by atoms with Crippen molar-refractivity contribution >= 4 is 47.3 Å². The molecule has 16 nitrogen and oxygen atoms in total. The Kier molecular flexibility index (Phi) is 21.2. The minimum absolute atomic E-state index is 0.0374. The van der Waals surface area contributed by atoms with Gasteiger partial charge in [0.2, 0.25) is 11.8 Å². The molecular formula is C66H66N8O8. The predicted octanol–water partition coefficient (Wildman–Crippen LogP) is 8.41. The van der Waals surface area contributed by atoms with Crippen molar-refractivity contribution < 1.29 is 38.4 Å². The van der Waals surface area contributed by atoms with Crippen molar-refractivity contribution in [3.63, 3.8) is 0 Å². The summed E-state index contributed by atoms with van der Waals surface area (Å²) in [5.74, 6) is -1.93. The minimum Gasteiger partial charge on any atom is -0.352 e. The highest BCUT2D eigenvalue weighted by Crippen LogP contribution is 2.14. The molecule has 0 unspecified atom stereocenters. The summed E-state index contributed by atoms with van der Waals surface area (Å²) >= 11 is 0. The first-order valence-corrected chi connectivity index (χ1v) is 27.4. The second-order valence-electron chi connectivity index (χ2n) is 19.9. The van der Waals surface area contributed by atoms with Gasteiger partial charge in [-0.1, -0.05) is 115 Å². The van der Waals surface area contributed by atoms with Crippen molar-refractivity contribution in [2.45, 2.75) is 90.9 Å². The molecule has 14 bridgehead atoms. The third-order valence-electron chi connectivity index (χ3n) is 13.7. The lowest BCUT2D eigenvalue weighted by molar-refractivity contribution is -0.122. The van der Waals surface area contributed by atoms with Gasteiger partial charge >= 0.3 is 0 Å². The lowest BCUT2D eigenvalue weighted by atomic mass is 10.1. The van der Waals surface area contributed by atoms with Crippen molar-refractivity contribution in [1.29, 1.82) is 0 Å². The van der Waals surface area contributed by atoms with Crippen molar-refractivity contribution in [1.82, 2.24) is 42.5 Å². The zero-order valence-electron chi connectivity index (χ0n) is 45.5. The van der Waals surface area contributed by atoms with Gasteiger partial charge in [-0.15, -0.1) is 0 Å². The third-order valence-corrected chi connectivity index (χ3v) is 13.7. The molecule has 0 saturated carbocycles. The first kappa shape index (κ1) is 58.2. The number of fused-ring (bicyclic) bond motifs is 6. The lowest BCUT2D eigenvalue weighted by Crippen LogP contribution is -2.25. The van der Waals surface area contributed by atoms with Gasteiger partial charge in [-0.05, 0) is 137 Å². The van der Waals surface area contributed by atoms with E-state index >= 15 is 0 Å². The van der Waals surface area contributed by atoms with Crippen LogP contribution in [0.2, 0.25) is 0 Å².